The van der Waals surface area contributed by atoms with Crippen LogP contribution in [0.5, 0.6) is 11.6 Å². The third kappa shape index (κ3) is 2.16. The summed E-state index contributed by atoms with van der Waals surface area (Å²) in [5, 5.41) is 18.5. The number of hydrogen-bond donors (Lipinski definition) is 1. The molecule has 0 unspecified atom stereocenters. The highest BCUT2D eigenvalue weighted by Gasteiger charge is 2.08. The van der Waals surface area contributed by atoms with Gasteiger partial charge in [-0.3, -0.25) is 15.2 Å². The zero-order chi connectivity index (χ0) is 14.1. The molecule has 0 amide bonds. The number of H-pyrrole nitrogens is 1. The Morgan fingerprint density at radius 2 is 2.15 bits per heavy atom. The van der Waals surface area contributed by atoms with Crippen LogP contribution in [0, 0.1) is 17.0 Å². The fourth-order valence-corrected chi connectivity index (χ4v) is 1.84. The molecule has 3 aromatic rings. The van der Waals surface area contributed by atoms with Crippen molar-refractivity contribution < 1.29 is 9.66 Å². The number of nitro groups is 1. The quantitative estimate of drug-likeness (QED) is 0.583. The van der Waals surface area contributed by atoms with Crippen LogP contribution in [-0.4, -0.2) is 20.1 Å². The number of rotatable bonds is 3. The summed E-state index contributed by atoms with van der Waals surface area (Å²) in [4.78, 5) is 13.9. The molecule has 7 heteroatoms. The van der Waals surface area contributed by atoms with E-state index in [4.69, 9.17) is 4.74 Å². The molecule has 2 aromatic heterocycles. The van der Waals surface area contributed by atoms with Gasteiger partial charge in [0.05, 0.1) is 10.4 Å². The van der Waals surface area contributed by atoms with E-state index >= 15 is 0 Å². The second-order valence-corrected chi connectivity index (χ2v) is 4.24. The van der Waals surface area contributed by atoms with E-state index in [1.807, 2.05) is 19.1 Å². The smallest absolute Gasteiger partial charge is 0.287 e. The highest BCUT2D eigenvalue weighted by Crippen LogP contribution is 2.25. The standard InChI is InChI=1S/C13H10N4O3/c1-8-11-6-10(3-4-12(11)16-15-8)20-13-5-2-9(7-14-13)17(18)19/h2-7H,1H3,(H,15,16). The molecule has 0 aliphatic carbocycles. The normalized spacial score (nSPS) is 10.7. The summed E-state index contributed by atoms with van der Waals surface area (Å²) in [6.07, 6.45) is 1.16. The first-order chi connectivity index (χ1) is 9.63. The summed E-state index contributed by atoms with van der Waals surface area (Å²) in [5.74, 6) is 0.902. The number of ether oxygens (including phenoxy) is 1. The lowest BCUT2D eigenvalue weighted by Gasteiger charge is -2.04. The lowest BCUT2D eigenvalue weighted by atomic mass is 10.2. The first kappa shape index (κ1) is 12.1. The molecule has 0 saturated heterocycles. The van der Waals surface area contributed by atoms with E-state index < -0.39 is 4.92 Å². The van der Waals surface area contributed by atoms with Gasteiger partial charge in [-0.2, -0.15) is 5.10 Å². The maximum Gasteiger partial charge on any atom is 0.287 e. The zero-order valence-electron chi connectivity index (χ0n) is 10.5. The van der Waals surface area contributed by atoms with Crippen LogP contribution >= 0.6 is 0 Å². The van der Waals surface area contributed by atoms with Gasteiger partial charge in [0.2, 0.25) is 5.88 Å². The number of hydrogen-bond acceptors (Lipinski definition) is 5. The highest BCUT2D eigenvalue weighted by molar-refractivity contribution is 5.82. The van der Waals surface area contributed by atoms with E-state index in [0.29, 0.717) is 11.6 Å². The summed E-state index contributed by atoms with van der Waals surface area (Å²) in [7, 11) is 0. The zero-order valence-corrected chi connectivity index (χ0v) is 10.5. The van der Waals surface area contributed by atoms with Gasteiger partial charge in [0, 0.05) is 23.2 Å². The van der Waals surface area contributed by atoms with E-state index in [0.717, 1.165) is 22.8 Å². The molecule has 20 heavy (non-hydrogen) atoms. The molecule has 3 rings (SSSR count). The molecule has 0 aliphatic rings. The lowest BCUT2D eigenvalue weighted by Crippen LogP contribution is -1.91. The van der Waals surface area contributed by atoms with Gasteiger partial charge in [-0.15, -0.1) is 0 Å². The summed E-state index contributed by atoms with van der Waals surface area (Å²) in [5.41, 5.74) is 1.73. The molecule has 7 nitrogen and oxygen atoms in total. The first-order valence-electron chi connectivity index (χ1n) is 5.86. The molecule has 1 aromatic carbocycles. The summed E-state index contributed by atoms with van der Waals surface area (Å²) < 4.78 is 5.57. The van der Waals surface area contributed by atoms with Crippen LogP contribution in [0.4, 0.5) is 5.69 Å². The van der Waals surface area contributed by atoms with E-state index in [1.54, 1.807) is 6.07 Å². The van der Waals surface area contributed by atoms with Crippen LogP contribution < -0.4 is 4.74 Å². The predicted octanol–water partition coefficient (Wildman–Crippen LogP) is 2.97. The minimum absolute atomic E-state index is 0.0709. The summed E-state index contributed by atoms with van der Waals surface area (Å²) in [6, 6.07) is 8.26. The average Bonchev–Trinajstić information content (AvgIpc) is 2.81. The van der Waals surface area contributed by atoms with E-state index in [2.05, 4.69) is 15.2 Å². The molecule has 1 N–H and O–H groups in total. The van der Waals surface area contributed by atoms with Crippen LogP contribution in [0.15, 0.2) is 36.5 Å². The van der Waals surface area contributed by atoms with Crippen molar-refractivity contribution in [2.75, 3.05) is 0 Å². The topological polar surface area (TPSA) is 93.9 Å². The van der Waals surface area contributed by atoms with Crippen LogP contribution in [0.25, 0.3) is 10.9 Å². The molecule has 0 bridgehead atoms. The lowest BCUT2D eigenvalue weighted by molar-refractivity contribution is -0.385. The third-order valence-electron chi connectivity index (χ3n) is 2.87. The van der Waals surface area contributed by atoms with Gasteiger partial charge in [0.1, 0.15) is 11.9 Å². The van der Waals surface area contributed by atoms with Crippen LogP contribution in [0.1, 0.15) is 5.69 Å². The molecule has 0 radical (unpaired) electrons. The molecule has 0 saturated carbocycles. The minimum Gasteiger partial charge on any atom is -0.439 e. The number of aromatic nitrogens is 3. The molecular formula is C13H10N4O3. The fraction of sp³-hybridized carbons (Fsp3) is 0.0769. The SMILES string of the molecule is Cc1[nH]nc2ccc(Oc3ccc([N+](=O)[O-])cn3)cc12. The number of pyridine rings is 1. The van der Waals surface area contributed by atoms with Crippen LogP contribution in [0.2, 0.25) is 0 Å². The maximum atomic E-state index is 10.5. The van der Waals surface area contributed by atoms with Gasteiger partial charge in [-0.05, 0) is 25.1 Å². The fourth-order valence-electron chi connectivity index (χ4n) is 1.84. The van der Waals surface area contributed by atoms with Crippen molar-refractivity contribution in [2.45, 2.75) is 6.92 Å². The Morgan fingerprint density at radius 3 is 2.85 bits per heavy atom. The highest BCUT2D eigenvalue weighted by atomic mass is 16.6. The number of nitrogens with one attached hydrogen (secondary N) is 1. The van der Waals surface area contributed by atoms with Crippen molar-refractivity contribution >= 4 is 16.6 Å². The van der Waals surface area contributed by atoms with Crippen molar-refractivity contribution in [3.8, 4) is 11.6 Å². The van der Waals surface area contributed by atoms with Gasteiger partial charge < -0.3 is 4.74 Å². The monoisotopic (exact) mass is 270 g/mol. The average molecular weight is 270 g/mol. The Hall–Kier alpha value is -2.96. The number of nitrogens with zero attached hydrogens (tertiary/aromatic N) is 3. The largest absolute Gasteiger partial charge is 0.439 e. The van der Waals surface area contributed by atoms with Crippen molar-refractivity contribution in [2.24, 2.45) is 0 Å². The van der Waals surface area contributed by atoms with E-state index in [-0.39, 0.29) is 5.69 Å². The predicted molar refractivity (Wildman–Crippen MR) is 71.8 cm³/mol. The van der Waals surface area contributed by atoms with Crippen LogP contribution in [-0.2, 0) is 0 Å². The number of benzene rings is 1. The Kier molecular flexibility index (Phi) is 2.79. The number of aryl methyl sites for hydroxylation is 1. The molecular weight excluding hydrogens is 260 g/mol. The van der Waals surface area contributed by atoms with Gasteiger partial charge in [-0.1, -0.05) is 0 Å². The molecule has 100 valence electrons. The second-order valence-electron chi connectivity index (χ2n) is 4.24. The van der Waals surface area contributed by atoms with E-state index in [1.165, 1.54) is 12.1 Å². The minimum atomic E-state index is -0.502. The molecule has 0 spiro atoms. The summed E-state index contributed by atoms with van der Waals surface area (Å²) in [6.45, 7) is 1.92. The van der Waals surface area contributed by atoms with Crippen molar-refractivity contribution in [3.05, 3.63) is 52.3 Å². The maximum absolute atomic E-state index is 10.5. The number of fused-ring (bicyclic) bond motifs is 1. The van der Waals surface area contributed by atoms with Gasteiger partial charge in [-0.25, -0.2) is 4.98 Å². The van der Waals surface area contributed by atoms with Crippen molar-refractivity contribution in [1.29, 1.82) is 0 Å². The van der Waals surface area contributed by atoms with Crippen LogP contribution in [0.3, 0.4) is 0 Å². The molecule has 0 fully saturated rings. The van der Waals surface area contributed by atoms with Gasteiger partial charge >= 0.3 is 0 Å². The third-order valence-corrected chi connectivity index (χ3v) is 2.87. The Balaban J connectivity index is 1.88. The Labute approximate surface area is 113 Å². The molecule has 0 atom stereocenters. The van der Waals surface area contributed by atoms with Crippen molar-refractivity contribution in [3.63, 3.8) is 0 Å². The van der Waals surface area contributed by atoms with Crippen molar-refractivity contribution in [1.82, 2.24) is 15.2 Å². The van der Waals surface area contributed by atoms with Gasteiger partial charge in [0.25, 0.3) is 5.69 Å². The Morgan fingerprint density at radius 1 is 1.30 bits per heavy atom. The molecule has 2 heterocycles. The van der Waals surface area contributed by atoms with Gasteiger partial charge in [0.15, 0.2) is 0 Å². The summed E-state index contributed by atoms with van der Waals surface area (Å²) >= 11 is 0. The van der Waals surface area contributed by atoms with E-state index in [9.17, 15) is 10.1 Å². The second kappa shape index (κ2) is 4.61. The first-order valence-corrected chi connectivity index (χ1v) is 5.86. The molecule has 0 aliphatic heterocycles. The number of aromatic amines is 1. The Bertz CT molecular complexity index is 780.